The highest BCUT2D eigenvalue weighted by atomic mass is 35.5. The van der Waals surface area contributed by atoms with E-state index in [2.05, 4.69) is 22.4 Å². The topological polar surface area (TPSA) is 78.8 Å². The van der Waals surface area contributed by atoms with Crippen molar-refractivity contribution in [1.82, 2.24) is 20.2 Å². The molecule has 1 aliphatic rings. The molecule has 2 unspecified atom stereocenters. The number of nitrogens with zero attached hydrogens (tertiary/aromatic N) is 4. The fourth-order valence-electron chi connectivity index (χ4n) is 2.48. The summed E-state index contributed by atoms with van der Waals surface area (Å²) in [5.41, 5.74) is 6.86. The first kappa shape index (κ1) is 13.3. The van der Waals surface area contributed by atoms with Crippen molar-refractivity contribution in [1.29, 1.82) is 0 Å². The zero-order valence-corrected chi connectivity index (χ0v) is 12.1. The van der Waals surface area contributed by atoms with Gasteiger partial charge in [-0.15, -0.1) is 5.10 Å². The lowest BCUT2D eigenvalue weighted by atomic mass is 9.94. The van der Waals surface area contributed by atoms with Crippen molar-refractivity contribution in [2.45, 2.75) is 31.9 Å². The van der Waals surface area contributed by atoms with E-state index in [0.29, 0.717) is 23.1 Å². The summed E-state index contributed by atoms with van der Waals surface area (Å²) in [6, 6.07) is 5.41. The number of hydrogen-bond donors (Lipinski definition) is 1. The molecule has 7 heteroatoms. The fraction of sp³-hybridized carbons (Fsp3) is 0.462. The molecule has 0 bridgehead atoms. The van der Waals surface area contributed by atoms with Gasteiger partial charge in [0, 0.05) is 12.2 Å². The summed E-state index contributed by atoms with van der Waals surface area (Å²) in [6.07, 6.45) is 0.920. The highest BCUT2D eigenvalue weighted by Gasteiger charge is 2.41. The Morgan fingerprint density at radius 3 is 2.95 bits per heavy atom. The number of rotatable bonds is 2. The van der Waals surface area contributed by atoms with E-state index >= 15 is 0 Å². The minimum absolute atomic E-state index is 0.0500. The molecule has 1 saturated heterocycles. The molecule has 1 aromatic carbocycles. The Morgan fingerprint density at radius 2 is 2.30 bits per heavy atom. The number of anilines is 1. The van der Waals surface area contributed by atoms with Gasteiger partial charge in [-0.05, 0) is 48.9 Å². The van der Waals surface area contributed by atoms with Crippen LogP contribution in [0.5, 0.6) is 0 Å². The number of nitrogens with two attached hydrogens (primary N) is 1. The maximum Gasteiger partial charge on any atom is 0.182 e. The molecule has 106 valence electrons. The summed E-state index contributed by atoms with van der Waals surface area (Å²) in [5, 5.41) is 12.6. The van der Waals surface area contributed by atoms with E-state index in [0.717, 1.165) is 12.0 Å². The SMILES string of the molecule is CC1OCCC1(C)n1nnnc1-c1ccc(N)c(Cl)c1. The number of aromatic nitrogens is 4. The first-order valence-electron chi connectivity index (χ1n) is 6.48. The molecule has 0 aliphatic carbocycles. The Labute approximate surface area is 121 Å². The molecule has 1 aromatic heterocycles. The van der Waals surface area contributed by atoms with Crippen LogP contribution < -0.4 is 5.73 Å². The summed E-state index contributed by atoms with van der Waals surface area (Å²) in [6.45, 7) is 4.84. The molecular weight excluding hydrogens is 278 g/mol. The zero-order valence-electron chi connectivity index (χ0n) is 11.4. The Morgan fingerprint density at radius 1 is 1.50 bits per heavy atom. The van der Waals surface area contributed by atoms with Gasteiger partial charge >= 0.3 is 0 Å². The molecule has 2 aromatic rings. The lowest BCUT2D eigenvalue weighted by Gasteiger charge is -2.28. The van der Waals surface area contributed by atoms with Gasteiger partial charge < -0.3 is 10.5 Å². The first-order chi connectivity index (χ1) is 9.52. The van der Waals surface area contributed by atoms with Crippen LogP contribution in [-0.2, 0) is 10.3 Å². The average molecular weight is 294 g/mol. The maximum atomic E-state index is 6.08. The van der Waals surface area contributed by atoms with Crippen molar-refractivity contribution in [3.8, 4) is 11.4 Å². The van der Waals surface area contributed by atoms with E-state index in [1.54, 1.807) is 12.1 Å². The van der Waals surface area contributed by atoms with Crippen molar-refractivity contribution in [3.63, 3.8) is 0 Å². The Kier molecular flexibility index (Phi) is 3.14. The molecule has 2 atom stereocenters. The first-order valence-corrected chi connectivity index (χ1v) is 6.86. The van der Waals surface area contributed by atoms with E-state index in [1.165, 1.54) is 0 Å². The number of benzene rings is 1. The van der Waals surface area contributed by atoms with Crippen LogP contribution in [0.2, 0.25) is 5.02 Å². The summed E-state index contributed by atoms with van der Waals surface area (Å²) in [4.78, 5) is 0. The number of ether oxygens (including phenoxy) is 1. The second kappa shape index (κ2) is 4.71. The summed E-state index contributed by atoms with van der Waals surface area (Å²) in [7, 11) is 0. The largest absolute Gasteiger partial charge is 0.398 e. The van der Waals surface area contributed by atoms with E-state index in [1.807, 2.05) is 17.7 Å². The van der Waals surface area contributed by atoms with E-state index in [-0.39, 0.29) is 11.6 Å². The summed E-state index contributed by atoms with van der Waals surface area (Å²) < 4.78 is 7.49. The van der Waals surface area contributed by atoms with Crippen LogP contribution in [0.3, 0.4) is 0 Å². The molecule has 1 aliphatic heterocycles. The van der Waals surface area contributed by atoms with Crippen molar-refractivity contribution >= 4 is 17.3 Å². The van der Waals surface area contributed by atoms with Crippen LogP contribution in [-0.4, -0.2) is 32.9 Å². The third-order valence-corrected chi connectivity index (χ3v) is 4.39. The minimum atomic E-state index is -0.257. The smallest absolute Gasteiger partial charge is 0.182 e. The molecule has 0 spiro atoms. The number of hydrogen-bond acceptors (Lipinski definition) is 5. The molecule has 2 heterocycles. The highest BCUT2D eigenvalue weighted by molar-refractivity contribution is 6.33. The normalized spacial score (nSPS) is 26.1. The average Bonchev–Trinajstić information content (AvgIpc) is 3.02. The van der Waals surface area contributed by atoms with Crippen molar-refractivity contribution in [2.24, 2.45) is 0 Å². The van der Waals surface area contributed by atoms with E-state index < -0.39 is 0 Å². The van der Waals surface area contributed by atoms with Crippen molar-refractivity contribution < 1.29 is 4.74 Å². The molecule has 0 radical (unpaired) electrons. The quantitative estimate of drug-likeness (QED) is 0.858. The van der Waals surface area contributed by atoms with Gasteiger partial charge in [-0.1, -0.05) is 11.6 Å². The van der Waals surface area contributed by atoms with Gasteiger partial charge in [0.1, 0.15) is 0 Å². The highest BCUT2D eigenvalue weighted by Crippen LogP contribution is 2.35. The van der Waals surface area contributed by atoms with Crippen molar-refractivity contribution in [3.05, 3.63) is 23.2 Å². The third kappa shape index (κ3) is 1.96. The number of halogens is 1. The van der Waals surface area contributed by atoms with Crippen LogP contribution in [0.4, 0.5) is 5.69 Å². The molecule has 3 rings (SSSR count). The van der Waals surface area contributed by atoms with E-state index in [4.69, 9.17) is 22.1 Å². The molecule has 1 fully saturated rings. The van der Waals surface area contributed by atoms with Gasteiger partial charge in [0.05, 0.1) is 22.4 Å². The summed E-state index contributed by atoms with van der Waals surface area (Å²) in [5.74, 6) is 0.673. The molecule has 0 saturated carbocycles. The number of nitrogen functional groups attached to an aromatic ring is 1. The van der Waals surface area contributed by atoms with Gasteiger partial charge in [0.15, 0.2) is 5.82 Å². The molecule has 20 heavy (non-hydrogen) atoms. The van der Waals surface area contributed by atoms with Crippen LogP contribution >= 0.6 is 11.6 Å². The Bertz CT molecular complexity index is 643. The monoisotopic (exact) mass is 293 g/mol. The van der Waals surface area contributed by atoms with Gasteiger partial charge in [0.25, 0.3) is 0 Å². The van der Waals surface area contributed by atoms with Crippen molar-refractivity contribution in [2.75, 3.05) is 12.3 Å². The van der Waals surface area contributed by atoms with Gasteiger partial charge in [-0.2, -0.15) is 0 Å². The Balaban J connectivity index is 2.08. The Hall–Kier alpha value is -1.66. The zero-order chi connectivity index (χ0) is 14.3. The predicted octanol–water partition coefficient (Wildman–Crippen LogP) is 2.10. The second-order valence-corrected chi connectivity index (χ2v) is 5.68. The molecule has 6 nitrogen and oxygen atoms in total. The van der Waals surface area contributed by atoms with E-state index in [9.17, 15) is 0 Å². The number of tetrazole rings is 1. The third-order valence-electron chi connectivity index (χ3n) is 4.06. The molecule has 2 N–H and O–H groups in total. The maximum absolute atomic E-state index is 6.08. The summed E-state index contributed by atoms with van der Waals surface area (Å²) >= 11 is 6.08. The van der Waals surface area contributed by atoms with Crippen LogP contribution in [0, 0.1) is 0 Å². The lowest BCUT2D eigenvalue weighted by Crippen LogP contribution is -2.38. The fourth-order valence-corrected chi connectivity index (χ4v) is 2.66. The van der Waals surface area contributed by atoms with Gasteiger partial charge in [0.2, 0.25) is 0 Å². The minimum Gasteiger partial charge on any atom is -0.398 e. The standard InChI is InChI=1S/C13H16ClN5O/c1-8-13(2,5-6-20-8)19-12(16-17-18-19)9-3-4-11(15)10(14)7-9/h3-4,7-8H,5-6,15H2,1-2H3. The van der Waals surface area contributed by atoms with Crippen LogP contribution in [0.1, 0.15) is 20.3 Å². The predicted molar refractivity (Wildman–Crippen MR) is 76.4 cm³/mol. The lowest BCUT2D eigenvalue weighted by molar-refractivity contribution is 0.0706. The van der Waals surface area contributed by atoms with Gasteiger partial charge in [-0.25, -0.2) is 4.68 Å². The van der Waals surface area contributed by atoms with Crippen LogP contribution in [0.25, 0.3) is 11.4 Å². The second-order valence-electron chi connectivity index (χ2n) is 5.27. The van der Waals surface area contributed by atoms with Gasteiger partial charge in [-0.3, -0.25) is 0 Å². The molecule has 0 amide bonds. The molecular formula is C13H16ClN5O. The van der Waals surface area contributed by atoms with Crippen LogP contribution in [0.15, 0.2) is 18.2 Å².